The molecule has 0 amide bonds. The van der Waals surface area contributed by atoms with Gasteiger partial charge in [0, 0.05) is 18.6 Å². The topological polar surface area (TPSA) is 32.7 Å². The Morgan fingerprint density at radius 3 is 2.48 bits per heavy atom. The molecule has 1 N–H and O–H groups in total. The van der Waals surface area contributed by atoms with Crippen molar-refractivity contribution in [3.05, 3.63) is 29.8 Å². The first-order chi connectivity index (χ1) is 10.0. The molecule has 0 aromatic heterocycles. The van der Waals surface area contributed by atoms with Gasteiger partial charge in [-0.25, -0.2) is 0 Å². The third-order valence-electron chi connectivity index (χ3n) is 4.44. The molecule has 3 atom stereocenters. The normalized spacial score (nSPS) is 24.5. The summed E-state index contributed by atoms with van der Waals surface area (Å²) in [6.45, 7) is 9.26. The van der Waals surface area contributed by atoms with Gasteiger partial charge in [-0.15, -0.1) is 0 Å². The Bertz CT molecular complexity index is 429. The molecule has 3 heteroatoms. The molecule has 1 aromatic carbocycles. The monoisotopic (exact) mass is 291 g/mol. The summed E-state index contributed by atoms with van der Waals surface area (Å²) in [5, 5.41) is 10.5. The zero-order valence-corrected chi connectivity index (χ0v) is 13.7. The van der Waals surface area contributed by atoms with Gasteiger partial charge in [-0.1, -0.05) is 19.1 Å². The van der Waals surface area contributed by atoms with E-state index in [1.165, 1.54) is 12.8 Å². The van der Waals surface area contributed by atoms with Gasteiger partial charge < -0.3 is 9.84 Å². The fourth-order valence-corrected chi connectivity index (χ4v) is 3.24. The molecular formula is C18H29NO2. The van der Waals surface area contributed by atoms with E-state index in [1.54, 1.807) is 0 Å². The molecule has 118 valence electrons. The van der Waals surface area contributed by atoms with Gasteiger partial charge in [0.2, 0.25) is 0 Å². The molecule has 3 nitrogen and oxygen atoms in total. The number of ether oxygens (including phenoxy) is 1. The number of aliphatic hydroxyl groups is 1. The van der Waals surface area contributed by atoms with Gasteiger partial charge in [0.25, 0.3) is 0 Å². The number of aliphatic hydroxyl groups excluding tert-OH is 1. The highest BCUT2D eigenvalue weighted by atomic mass is 16.5. The summed E-state index contributed by atoms with van der Waals surface area (Å²) in [7, 11) is 0. The van der Waals surface area contributed by atoms with Gasteiger partial charge in [-0.05, 0) is 57.7 Å². The van der Waals surface area contributed by atoms with Crippen LogP contribution in [0.1, 0.15) is 58.6 Å². The minimum absolute atomic E-state index is 0.177. The summed E-state index contributed by atoms with van der Waals surface area (Å²) in [5.74, 6) is 0.863. The molecule has 0 spiro atoms. The average molecular weight is 291 g/mol. The van der Waals surface area contributed by atoms with Crippen molar-refractivity contribution in [3.63, 3.8) is 0 Å². The second-order valence-electron chi connectivity index (χ2n) is 6.44. The van der Waals surface area contributed by atoms with E-state index >= 15 is 0 Å². The van der Waals surface area contributed by atoms with Crippen LogP contribution >= 0.6 is 0 Å². The van der Waals surface area contributed by atoms with Crippen LogP contribution in [0.4, 0.5) is 0 Å². The van der Waals surface area contributed by atoms with E-state index in [2.05, 4.69) is 18.7 Å². The minimum Gasteiger partial charge on any atom is -0.491 e. The summed E-state index contributed by atoms with van der Waals surface area (Å²) in [4.78, 5) is 2.46. The van der Waals surface area contributed by atoms with Crippen LogP contribution in [0.15, 0.2) is 24.3 Å². The van der Waals surface area contributed by atoms with Crippen LogP contribution in [-0.2, 0) is 0 Å². The quantitative estimate of drug-likeness (QED) is 0.866. The third kappa shape index (κ3) is 4.21. The van der Waals surface area contributed by atoms with E-state index in [-0.39, 0.29) is 6.10 Å². The van der Waals surface area contributed by atoms with Gasteiger partial charge >= 0.3 is 0 Å². The predicted octanol–water partition coefficient (Wildman–Crippen LogP) is 3.77. The van der Waals surface area contributed by atoms with E-state index in [4.69, 9.17) is 4.74 Å². The molecule has 1 heterocycles. The number of nitrogens with zero attached hydrogens (tertiary/aromatic N) is 1. The van der Waals surface area contributed by atoms with Gasteiger partial charge in [0.05, 0.1) is 12.2 Å². The highest BCUT2D eigenvalue weighted by molar-refractivity contribution is 5.28. The summed E-state index contributed by atoms with van der Waals surface area (Å²) >= 11 is 0. The number of likely N-dealkylation sites (tertiary alicyclic amines) is 1. The molecule has 1 aliphatic heterocycles. The molecule has 0 aliphatic carbocycles. The lowest BCUT2D eigenvalue weighted by atomic mass is 10.1. The largest absolute Gasteiger partial charge is 0.491 e. The fraction of sp³-hybridized carbons (Fsp3) is 0.667. The van der Waals surface area contributed by atoms with Crippen molar-refractivity contribution in [2.24, 2.45) is 0 Å². The zero-order chi connectivity index (χ0) is 15.4. The second kappa shape index (κ2) is 7.28. The Labute approximate surface area is 128 Å². The smallest absolute Gasteiger partial charge is 0.119 e. The summed E-state index contributed by atoms with van der Waals surface area (Å²) in [5.41, 5.74) is 0.972. The Morgan fingerprint density at radius 1 is 1.24 bits per heavy atom. The lowest BCUT2D eigenvalue weighted by Gasteiger charge is -2.30. The minimum atomic E-state index is -0.423. The van der Waals surface area contributed by atoms with Crippen LogP contribution in [0.25, 0.3) is 0 Å². The zero-order valence-electron chi connectivity index (χ0n) is 13.7. The fourth-order valence-electron chi connectivity index (χ4n) is 3.24. The lowest BCUT2D eigenvalue weighted by Crippen LogP contribution is -2.37. The van der Waals surface area contributed by atoms with E-state index < -0.39 is 6.10 Å². The molecule has 1 aliphatic rings. The van der Waals surface area contributed by atoms with Crippen molar-refractivity contribution < 1.29 is 9.84 Å². The van der Waals surface area contributed by atoms with Crippen LogP contribution in [0.3, 0.4) is 0 Å². The van der Waals surface area contributed by atoms with Crippen LogP contribution in [0, 0.1) is 0 Å². The van der Waals surface area contributed by atoms with Crippen LogP contribution in [0.5, 0.6) is 5.75 Å². The van der Waals surface area contributed by atoms with Crippen molar-refractivity contribution in [1.29, 1.82) is 0 Å². The molecule has 3 unspecified atom stereocenters. The molecule has 0 radical (unpaired) electrons. The Hall–Kier alpha value is -1.06. The van der Waals surface area contributed by atoms with Gasteiger partial charge in [0.15, 0.2) is 0 Å². The Balaban J connectivity index is 1.98. The Morgan fingerprint density at radius 2 is 1.90 bits per heavy atom. The van der Waals surface area contributed by atoms with E-state index in [0.29, 0.717) is 12.1 Å². The van der Waals surface area contributed by atoms with Crippen molar-refractivity contribution in [2.75, 3.05) is 6.54 Å². The van der Waals surface area contributed by atoms with E-state index in [1.807, 2.05) is 38.1 Å². The van der Waals surface area contributed by atoms with Gasteiger partial charge in [-0.2, -0.15) is 0 Å². The maximum absolute atomic E-state index is 10.5. The summed E-state index contributed by atoms with van der Waals surface area (Å²) in [6, 6.07) is 9.05. The highest BCUT2D eigenvalue weighted by Crippen LogP contribution is 2.29. The Kier molecular flexibility index (Phi) is 5.65. The molecule has 1 saturated heterocycles. The van der Waals surface area contributed by atoms with E-state index in [0.717, 1.165) is 24.3 Å². The van der Waals surface area contributed by atoms with Crippen molar-refractivity contribution in [2.45, 2.75) is 71.2 Å². The highest BCUT2D eigenvalue weighted by Gasteiger charge is 2.30. The maximum atomic E-state index is 10.5. The molecule has 21 heavy (non-hydrogen) atoms. The van der Waals surface area contributed by atoms with Crippen molar-refractivity contribution in [3.8, 4) is 5.75 Å². The van der Waals surface area contributed by atoms with Gasteiger partial charge in [0.1, 0.15) is 5.75 Å². The summed E-state index contributed by atoms with van der Waals surface area (Å²) < 4.78 is 5.64. The molecule has 1 fully saturated rings. The first-order valence-corrected chi connectivity index (χ1v) is 8.21. The molecule has 0 bridgehead atoms. The van der Waals surface area contributed by atoms with Gasteiger partial charge in [-0.3, -0.25) is 4.90 Å². The third-order valence-corrected chi connectivity index (χ3v) is 4.44. The molecule has 0 saturated carbocycles. The lowest BCUT2D eigenvalue weighted by molar-refractivity contribution is 0.0859. The first kappa shape index (κ1) is 16.3. The molecular weight excluding hydrogens is 262 g/mol. The number of benzene rings is 1. The predicted molar refractivity (Wildman–Crippen MR) is 86.6 cm³/mol. The number of β-amino-alcohol motifs (C(OH)–C–C–N with tert-alkyl or cyclic N) is 1. The van der Waals surface area contributed by atoms with Crippen molar-refractivity contribution in [1.82, 2.24) is 4.90 Å². The van der Waals surface area contributed by atoms with Crippen LogP contribution in [-0.4, -0.2) is 34.7 Å². The standard InChI is InChI=1S/C18H29NO2/c1-5-16-9-6-14(4)19(16)12-18(20)15-7-10-17(11-8-15)21-13(2)3/h7-8,10-11,13-14,16,18,20H,5-6,9,12H2,1-4H3. The van der Waals surface area contributed by atoms with Crippen LogP contribution in [0.2, 0.25) is 0 Å². The number of hydrogen-bond donors (Lipinski definition) is 1. The molecule has 1 aromatic rings. The average Bonchev–Trinajstić information content (AvgIpc) is 2.79. The number of hydrogen-bond acceptors (Lipinski definition) is 3. The molecule has 2 rings (SSSR count). The summed E-state index contributed by atoms with van der Waals surface area (Å²) in [6.07, 6.45) is 3.42. The maximum Gasteiger partial charge on any atom is 0.119 e. The SMILES string of the molecule is CCC1CCC(C)N1CC(O)c1ccc(OC(C)C)cc1. The van der Waals surface area contributed by atoms with E-state index in [9.17, 15) is 5.11 Å². The number of rotatable bonds is 6. The van der Waals surface area contributed by atoms with Crippen molar-refractivity contribution >= 4 is 0 Å². The second-order valence-corrected chi connectivity index (χ2v) is 6.44. The first-order valence-electron chi connectivity index (χ1n) is 8.21. The van der Waals surface area contributed by atoms with Crippen LogP contribution < -0.4 is 4.74 Å².